The number of piperidine rings is 1. The van der Waals surface area contributed by atoms with Crippen molar-refractivity contribution in [3.8, 4) is 22.4 Å². The number of carbonyl (C=O) groups excluding carboxylic acids is 3. The van der Waals surface area contributed by atoms with Gasteiger partial charge in [0.15, 0.2) is 0 Å². The fraction of sp³-hybridized carbons (Fsp3) is 0.333. The number of nitrogens with zero attached hydrogens (tertiary/aromatic N) is 4. The van der Waals surface area contributed by atoms with E-state index in [9.17, 15) is 22.8 Å². The maximum atomic E-state index is 13.1. The molecule has 2 saturated heterocycles. The van der Waals surface area contributed by atoms with Gasteiger partial charge in [-0.2, -0.15) is 9.40 Å². The predicted molar refractivity (Wildman–Crippen MR) is 138 cm³/mol. The van der Waals surface area contributed by atoms with E-state index in [2.05, 4.69) is 10.4 Å². The summed E-state index contributed by atoms with van der Waals surface area (Å²) in [6, 6.07) is 11.8. The van der Waals surface area contributed by atoms with Crippen LogP contribution in [0.5, 0.6) is 0 Å². The number of sulfonamides is 1. The smallest absolute Gasteiger partial charge is 0.255 e. The Hall–Kier alpha value is -3.83. The molecule has 0 aliphatic carbocycles. The highest BCUT2D eigenvalue weighted by Gasteiger charge is 2.39. The van der Waals surface area contributed by atoms with Crippen molar-refractivity contribution in [3.05, 3.63) is 59.8 Å². The molecule has 2 aromatic carbocycles. The molecule has 10 nitrogen and oxygen atoms in total. The third-order valence-electron chi connectivity index (χ3n) is 7.60. The Morgan fingerprint density at radius 2 is 1.66 bits per heavy atom. The van der Waals surface area contributed by atoms with Gasteiger partial charge in [0.05, 0.1) is 16.8 Å². The van der Waals surface area contributed by atoms with Crippen LogP contribution in [0.1, 0.15) is 41.6 Å². The number of fused-ring (bicyclic) bond motifs is 1. The number of aryl methyl sites for hydroxylation is 1. The van der Waals surface area contributed by atoms with Crippen LogP contribution >= 0.6 is 0 Å². The van der Waals surface area contributed by atoms with E-state index in [1.807, 2.05) is 19.2 Å². The van der Waals surface area contributed by atoms with Crippen molar-refractivity contribution in [3.63, 3.8) is 0 Å². The summed E-state index contributed by atoms with van der Waals surface area (Å²) in [5, 5.41) is 6.77. The summed E-state index contributed by atoms with van der Waals surface area (Å²) in [5.41, 5.74) is 4.69. The normalized spacial score (nSPS) is 20.2. The van der Waals surface area contributed by atoms with Crippen molar-refractivity contribution in [2.24, 2.45) is 7.05 Å². The summed E-state index contributed by atoms with van der Waals surface area (Å²) in [6.07, 6.45) is 4.04. The lowest BCUT2D eigenvalue weighted by Crippen LogP contribution is -2.52. The molecule has 0 saturated carbocycles. The van der Waals surface area contributed by atoms with E-state index in [0.29, 0.717) is 25.1 Å². The summed E-state index contributed by atoms with van der Waals surface area (Å²) in [6.45, 7) is 1.39. The molecule has 3 aliphatic heterocycles. The lowest BCUT2D eigenvalue weighted by molar-refractivity contribution is -0.136. The summed E-state index contributed by atoms with van der Waals surface area (Å²) in [4.78, 5) is 38.8. The van der Waals surface area contributed by atoms with Crippen molar-refractivity contribution < 1.29 is 22.8 Å². The molecular weight excluding hydrogens is 506 g/mol. The molecule has 1 unspecified atom stereocenters. The number of amides is 3. The highest BCUT2D eigenvalue weighted by atomic mass is 32.2. The molecule has 3 aromatic rings. The summed E-state index contributed by atoms with van der Waals surface area (Å²) < 4.78 is 29.1. The topological polar surface area (TPSA) is 122 Å². The molecule has 2 fully saturated rings. The predicted octanol–water partition coefficient (Wildman–Crippen LogP) is 2.30. The van der Waals surface area contributed by atoms with E-state index >= 15 is 0 Å². The van der Waals surface area contributed by atoms with Crippen LogP contribution in [-0.4, -0.2) is 64.3 Å². The van der Waals surface area contributed by atoms with Gasteiger partial charge in [-0.05, 0) is 54.7 Å². The van der Waals surface area contributed by atoms with Crippen LogP contribution in [0.2, 0.25) is 0 Å². The van der Waals surface area contributed by atoms with Gasteiger partial charge >= 0.3 is 0 Å². The molecule has 38 heavy (non-hydrogen) atoms. The molecule has 6 rings (SSSR count). The summed E-state index contributed by atoms with van der Waals surface area (Å²) in [5.74, 6) is -0.974. The second-order valence-electron chi connectivity index (χ2n) is 9.94. The van der Waals surface area contributed by atoms with Crippen LogP contribution in [0.25, 0.3) is 22.4 Å². The zero-order chi connectivity index (χ0) is 26.6. The Kier molecular flexibility index (Phi) is 5.92. The van der Waals surface area contributed by atoms with Gasteiger partial charge in [-0.1, -0.05) is 18.2 Å². The Morgan fingerprint density at radius 3 is 2.37 bits per heavy atom. The van der Waals surface area contributed by atoms with E-state index in [4.69, 9.17) is 0 Å². The fourth-order valence-corrected chi connectivity index (χ4v) is 7.11. The van der Waals surface area contributed by atoms with Gasteiger partial charge in [-0.25, -0.2) is 8.42 Å². The zero-order valence-electron chi connectivity index (χ0n) is 20.9. The van der Waals surface area contributed by atoms with Crippen molar-refractivity contribution in [2.45, 2.75) is 43.2 Å². The van der Waals surface area contributed by atoms with Crippen LogP contribution in [0, 0.1) is 0 Å². The van der Waals surface area contributed by atoms with Gasteiger partial charge in [0.1, 0.15) is 6.04 Å². The van der Waals surface area contributed by atoms with Gasteiger partial charge in [0.2, 0.25) is 21.8 Å². The van der Waals surface area contributed by atoms with Gasteiger partial charge in [0.25, 0.3) is 5.91 Å². The summed E-state index contributed by atoms with van der Waals surface area (Å²) >= 11 is 0. The van der Waals surface area contributed by atoms with Gasteiger partial charge in [-0.15, -0.1) is 0 Å². The number of nitrogens with one attached hydrogen (secondary N) is 1. The number of hydrogen-bond donors (Lipinski definition) is 1. The third kappa shape index (κ3) is 4.02. The molecule has 3 amide bonds. The van der Waals surface area contributed by atoms with E-state index in [1.165, 1.54) is 9.21 Å². The quantitative estimate of drug-likeness (QED) is 0.503. The van der Waals surface area contributed by atoms with E-state index in [1.54, 1.807) is 41.2 Å². The first kappa shape index (κ1) is 24.5. The number of rotatable bonds is 5. The minimum atomic E-state index is -3.50. The van der Waals surface area contributed by atoms with Gasteiger partial charge < -0.3 is 4.90 Å². The molecule has 1 aromatic heterocycles. The monoisotopic (exact) mass is 533 g/mol. The standard InChI is InChI=1S/C27H27N5O5S/c1-30-25(17-4-7-20(8-5-17)38(36,37)31-12-2-3-13-31)22(15-28-30)18-6-9-21-19(14-18)16-32(27(21)35)23-10-11-24(33)29-26(23)34/h4-9,14-15,23H,2-3,10-13,16H2,1H3,(H,29,33,34). The maximum Gasteiger partial charge on any atom is 0.255 e. The molecule has 0 spiro atoms. The highest BCUT2D eigenvalue weighted by molar-refractivity contribution is 7.89. The Labute approximate surface area is 220 Å². The lowest BCUT2D eigenvalue weighted by Gasteiger charge is -2.29. The third-order valence-corrected chi connectivity index (χ3v) is 9.52. The number of imide groups is 1. The average Bonchev–Trinajstić information content (AvgIpc) is 3.64. The van der Waals surface area contributed by atoms with E-state index < -0.39 is 22.0 Å². The molecule has 196 valence electrons. The number of hydrogen-bond acceptors (Lipinski definition) is 6. The Bertz CT molecular complexity index is 1570. The second kappa shape index (κ2) is 9.17. The van der Waals surface area contributed by atoms with Crippen molar-refractivity contribution in [2.75, 3.05) is 13.1 Å². The first-order valence-corrected chi connectivity index (χ1v) is 14.1. The number of benzene rings is 2. The second-order valence-corrected chi connectivity index (χ2v) is 11.9. The average molecular weight is 534 g/mol. The lowest BCUT2D eigenvalue weighted by atomic mass is 9.98. The molecule has 1 N–H and O–H groups in total. The number of carbonyl (C=O) groups is 3. The fourth-order valence-electron chi connectivity index (χ4n) is 5.60. The molecule has 3 aliphatic rings. The largest absolute Gasteiger partial charge is 0.322 e. The van der Waals surface area contributed by atoms with Crippen LogP contribution in [-0.2, 0) is 33.2 Å². The van der Waals surface area contributed by atoms with Crippen molar-refractivity contribution in [1.82, 2.24) is 24.3 Å². The van der Waals surface area contributed by atoms with Gasteiger partial charge in [-0.3, -0.25) is 24.4 Å². The Morgan fingerprint density at radius 1 is 0.947 bits per heavy atom. The van der Waals surface area contributed by atoms with Crippen LogP contribution in [0.4, 0.5) is 0 Å². The Balaban J connectivity index is 1.29. The molecule has 4 heterocycles. The van der Waals surface area contributed by atoms with Crippen molar-refractivity contribution >= 4 is 27.7 Å². The minimum absolute atomic E-state index is 0.207. The minimum Gasteiger partial charge on any atom is -0.322 e. The molecule has 0 bridgehead atoms. The SMILES string of the molecule is Cn1ncc(-c2ccc3c(c2)CN(C2CCC(=O)NC2=O)C3=O)c1-c1ccc(S(=O)(=O)N2CCCC2)cc1. The first-order chi connectivity index (χ1) is 18.2. The molecule has 0 radical (unpaired) electrons. The van der Waals surface area contributed by atoms with E-state index in [0.717, 1.165) is 40.8 Å². The maximum absolute atomic E-state index is 13.1. The van der Waals surface area contributed by atoms with Gasteiger partial charge in [0, 0.05) is 49.8 Å². The molecule has 1 atom stereocenters. The van der Waals surface area contributed by atoms with Crippen LogP contribution < -0.4 is 5.32 Å². The zero-order valence-corrected chi connectivity index (χ0v) is 21.7. The molecular formula is C27H27N5O5S. The summed E-state index contributed by atoms with van der Waals surface area (Å²) in [7, 11) is -1.67. The van der Waals surface area contributed by atoms with E-state index in [-0.39, 0.29) is 29.7 Å². The molecule has 11 heteroatoms. The highest BCUT2D eigenvalue weighted by Crippen LogP contribution is 2.36. The van der Waals surface area contributed by atoms with Crippen LogP contribution in [0.15, 0.2) is 53.6 Å². The van der Waals surface area contributed by atoms with Crippen molar-refractivity contribution in [1.29, 1.82) is 0 Å². The van der Waals surface area contributed by atoms with Crippen LogP contribution in [0.3, 0.4) is 0 Å². The number of aromatic nitrogens is 2. The first-order valence-electron chi connectivity index (χ1n) is 12.6.